The average molecular weight is 267 g/mol. The van der Waals surface area contributed by atoms with Crippen LogP contribution in [-0.2, 0) is 0 Å². The van der Waals surface area contributed by atoms with Crippen LogP contribution in [0.3, 0.4) is 0 Å². The van der Waals surface area contributed by atoms with Crippen LogP contribution in [0.1, 0.15) is 17.2 Å². The molecule has 1 atom stereocenters. The smallest absolute Gasteiger partial charge is 0.123 e. The summed E-state index contributed by atoms with van der Waals surface area (Å²) in [6.45, 7) is 0. The number of aromatic nitrogens is 1. The highest BCUT2D eigenvalue weighted by Gasteiger charge is 2.16. The van der Waals surface area contributed by atoms with Gasteiger partial charge in [0.15, 0.2) is 0 Å². The number of pyridine rings is 1. The van der Waals surface area contributed by atoms with Crippen molar-refractivity contribution in [1.82, 2.24) is 10.4 Å². The van der Waals surface area contributed by atoms with Crippen molar-refractivity contribution in [3.63, 3.8) is 0 Å². The zero-order valence-electron chi connectivity index (χ0n) is 10.8. The molecular formula is C16H14FN3. The second-order valence-electron chi connectivity index (χ2n) is 4.58. The standard InChI is InChI=1S/C16H14FN3/c17-13-7-1-5-12(10-13)16(20-18)14-8-2-4-11-6-3-9-19-15(11)14/h1-10,16,20H,18H2. The van der Waals surface area contributed by atoms with E-state index < -0.39 is 0 Å². The fourth-order valence-corrected chi connectivity index (χ4v) is 2.41. The topological polar surface area (TPSA) is 50.9 Å². The van der Waals surface area contributed by atoms with E-state index in [2.05, 4.69) is 10.4 Å². The van der Waals surface area contributed by atoms with Gasteiger partial charge in [-0.1, -0.05) is 36.4 Å². The quantitative estimate of drug-likeness (QED) is 0.566. The van der Waals surface area contributed by atoms with Gasteiger partial charge in [0.25, 0.3) is 0 Å². The lowest BCUT2D eigenvalue weighted by molar-refractivity contribution is 0.606. The van der Waals surface area contributed by atoms with Crippen LogP contribution >= 0.6 is 0 Å². The van der Waals surface area contributed by atoms with Gasteiger partial charge < -0.3 is 0 Å². The first-order valence-electron chi connectivity index (χ1n) is 6.35. The van der Waals surface area contributed by atoms with E-state index in [1.165, 1.54) is 12.1 Å². The molecule has 0 aliphatic rings. The Kier molecular flexibility index (Phi) is 3.41. The zero-order valence-corrected chi connectivity index (χ0v) is 10.8. The second-order valence-corrected chi connectivity index (χ2v) is 4.58. The van der Waals surface area contributed by atoms with Crippen LogP contribution in [0.2, 0.25) is 0 Å². The van der Waals surface area contributed by atoms with Crippen molar-refractivity contribution < 1.29 is 4.39 Å². The minimum atomic E-state index is -0.302. The number of halogens is 1. The molecule has 3 aromatic rings. The number of nitrogens with two attached hydrogens (primary N) is 1. The van der Waals surface area contributed by atoms with Gasteiger partial charge in [0.1, 0.15) is 5.82 Å². The Balaban J connectivity index is 2.17. The summed E-state index contributed by atoms with van der Waals surface area (Å²) < 4.78 is 13.4. The Bertz CT molecular complexity index is 737. The minimum absolute atomic E-state index is 0.282. The summed E-state index contributed by atoms with van der Waals surface area (Å²) in [4.78, 5) is 4.41. The van der Waals surface area contributed by atoms with E-state index in [1.54, 1.807) is 12.3 Å². The van der Waals surface area contributed by atoms with Gasteiger partial charge >= 0.3 is 0 Å². The number of nitrogens with zero attached hydrogens (tertiary/aromatic N) is 1. The molecule has 0 saturated heterocycles. The lowest BCUT2D eigenvalue weighted by Crippen LogP contribution is -2.29. The summed E-state index contributed by atoms with van der Waals surface area (Å²) in [5.74, 6) is 5.40. The Morgan fingerprint density at radius 2 is 1.85 bits per heavy atom. The molecule has 3 rings (SSSR count). The summed E-state index contributed by atoms with van der Waals surface area (Å²) >= 11 is 0. The molecule has 3 N–H and O–H groups in total. The van der Waals surface area contributed by atoms with Crippen molar-refractivity contribution in [3.8, 4) is 0 Å². The molecule has 1 aromatic heterocycles. The van der Waals surface area contributed by atoms with Crippen molar-refractivity contribution >= 4 is 10.9 Å². The highest BCUT2D eigenvalue weighted by molar-refractivity contribution is 5.82. The minimum Gasteiger partial charge on any atom is -0.271 e. The lowest BCUT2D eigenvalue weighted by Gasteiger charge is -2.18. The SMILES string of the molecule is NNC(c1cccc(F)c1)c1cccc2cccnc12. The van der Waals surface area contributed by atoms with Crippen LogP contribution in [0.4, 0.5) is 4.39 Å². The van der Waals surface area contributed by atoms with Crippen LogP contribution < -0.4 is 11.3 Å². The largest absolute Gasteiger partial charge is 0.271 e. The van der Waals surface area contributed by atoms with E-state index in [9.17, 15) is 4.39 Å². The molecule has 2 aromatic carbocycles. The third-order valence-electron chi connectivity index (χ3n) is 3.32. The highest BCUT2D eigenvalue weighted by Crippen LogP contribution is 2.27. The predicted octanol–water partition coefficient (Wildman–Crippen LogP) is 2.93. The summed E-state index contributed by atoms with van der Waals surface area (Å²) in [7, 11) is 0. The van der Waals surface area contributed by atoms with Crippen molar-refractivity contribution in [2.75, 3.05) is 0 Å². The van der Waals surface area contributed by atoms with Gasteiger partial charge in [0.05, 0.1) is 11.6 Å². The van der Waals surface area contributed by atoms with Gasteiger partial charge in [-0.3, -0.25) is 10.8 Å². The second kappa shape index (κ2) is 5.36. The normalized spacial score (nSPS) is 12.5. The maximum atomic E-state index is 13.4. The first kappa shape index (κ1) is 12.7. The van der Waals surface area contributed by atoms with E-state index in [4.69, 9.17) is 5.84 Å². The zero-order chi connectivity index (χ0) is 13.9. The van der Waals surface area contributed by atoms with Gasteiger partial charge in [-0.15, -0.1) is 0 Å². The number of hydrogen-bond acceptors (Lipinski definition) is 3. The summed E-state index contributed by atoms with van der Waals surface area (Å²) in [6, 6.07) is 15.9. The van der Waals surface area contributed by atoms with Gasteiger partial charge in [-0.05, 0) is 23.8 Å². The first-order chi connectivity index (χ1) is 9.79. The Morgan fingerprint density at radius 1 is 1.05 bits per heavy atom. The molecule has 0 bridgehead atoms. The molecule has 20 heavy (non-hydrogen) atoms. The molecule has 1 unspecified atom stereocenters. The predicted molar refractivity (Wildman–Crippen MR) is 77.3 cm³/mol. The molecule has 0 saturated carbocycles. The number of para-hydroxylation sites is 1. The maximum Gasteiger partial charge on any atom is 0.123 e. The van der Waals surface area contributed by atoms with Gasteiger partial charge in [0, 0.05) is 17.1 Å². The molecule has 100 valence electrons. The van der Waals surface area contributed by atoms with Gasteiger partial charge in [0.2, 0.25) is 0 Å². The number of fused-ring (bicyclic) bond motifs is 1. The summed E-state index contributed by atoms with van der Waals surface area (Å²) in [5.41, 5.74) is 5.31. The molecule has 0 fully saturated rings. The molecular weight excluding hydrogens is 253 g/mol. The molecule has 1 heterocycles. The van der Waals surface area contributed by atoms with Gasteiger partial charge in [-0.2, -0.15) is 0 Å². The molecule has 0 amide bonds. The molecule has 0 spiro atoms. The van der Waals surface area contributed by atoms with E-state index in [-0.39, 0.29) is 11.9 Å². The van der Waals surface area contributed by atoms with Crippen molar-refractivity contribution in [1.29, 1.82) is 0 Å². The van der Waals surface area contributed by atoms with Crippen molar-refractivity contribution in [2.24, 2.45) is 5.84 Å². The Labute approximate surface area is 116 Å². The molecule has 0 aliphatic heterocycles. The number of nitrogens with one attached hydrogen (secondary N) is 1. The molecule has 0 aliphatic carbocycles. The van der Waals surface area contributed by atoms with Crippen LogP contribution in [0.25, 0.3) is 10.9 Å². The maximum absolute atomic E-state index is 13.4. The number of benzene rings is 2. The van der Waals surface area contributed by atoms with E-state index in [0.717, 1.165) is 22.0 Å². The third kappa shape index (κ3) is 2.27. The third-order valence-corrected chi connectivity index (χ3v) is 3.32. The van der Waals surface area contributed by atoms with Crippen LogP contribution in [0, 0.1) is 5.82 Å². The van der Waals surface area contributed by atoms with Crippen LogP contribution in [0.5, 0.6) is 0 Å². The van der Waals surface area contributed by atoms with Crippen molar-refractivity contribution in [2.45, 2.75) is 6.04 Å². The van der Waals surface area contributed by atoms with Gasteiger partial charge in [-0.25, -0.2) is 9.82 Å². The molecule has 3 nitrogen and oxygen atoms in total. The van der Waals surface area contributed by atoms with E-state index in [0.29, 0.717) is 0 Å². The van der Waals surface area contributed by atoms with E-state index in [1.807, 2.05) is 36.4 Å². The first-order valence-corrected chi connectivity index (χ1v) is 6.35. The lowest BCUT2D eigenvalue weighted by atomic mass is 9.97. The Hall–Kier alpha value is -2.30. The van der Waals surface area contributed by atoms with E-state index >= 15 is 0 Å². The highest BCUT2D eigenvalue weighted by atomic mass is 19.1. The number of hydrazine groups is 1. The summed E-state index contributed by atoms with van der Waals surface area (Å²) in [6.07, 6.45) is 1.74. The summed E-state index contributed by atoms with van der Waals surface area (Å²) in [5, 5.41) is 1.03. The van der Waals surface area contributed by atoms with Crippen molar-refractivity contribution in [3.05, 3.63) is 77.7 Å². The van der Waals surface area contributed by atoms with Crippen LogP contribution in [-0.4, -0.2) is 4.98 Å². The number of hydrogen-bond donors (Lipinski definition) is 2. The average Bonchev–Trinajstić information content (AvgIpc) is 2.48. The fraction of sp³-hybridized carbons (Fsp3) is 0.0625. The fourth-order valence-electron chi connectivity index (χ4n) is 2.41. The molecule has 0 radical (unpaired) electrons. The Morgan fingerprint density at radius 3 is 2.65 bits per heavy atom. The van der Waals surface area contributed by atoms with Crippen LogP contribution in [0.15, 0.2) is 60.8 Å². The molecule has 4 heteroatoms. The monoisotopic (exact) mass is 267 g/mol. The number of rotatable bonds is 3.